The first kappa shape index (κ1) is 19.1. The Kier molecular flexibility index (Phi) is 5.13. The Labute approximate surface area is 161 Å². The summed E-state index contributed by atoms with van der Waals surface area (Å²) < 4.78 is 21.6. The summed E-state index contributed by atoms with van der Waals surface area (Å²) in [5.74, 6) is -0.0207. The number of aromatic amines is 1. The SMILES string of the molecule is CCc1[nH]nc2c1[C@@H](c1cc(OC)c(OC(C)=O)c(OC)c1)C(C#N)=C(N)O2. The van der Waals surface area contributed by atoms with Gasteiger partial charge in [-0.3, -0.25) is 9.89 Å². The molecule has 2 aromatic rings. The van der Waals surface area contributed by atoms with Gasteiger partial charge in [-0.1, -0.05) is 6.92 Å². The van der Waals surface area contributed by atoms with E-state index in [1.54, 1.807) is 12.1 Å². The predicted molar refractivity (Wildman–Crippen MR) is 98.1 cm³/mol. The zero-order chi connectivity index (χ0) is 20.4. The van der Waals surface area contributed by atoms with E-state index in [0.717, 1.165) is 11.3 Å². The monoisotopic (exact) mass is 384 g/mol. The largest absolute Gasteiger partial charge is 0.493 e. The summed E-state index contributed by atoms with van der Waals surface area (Å²) >= 11 is 0. The minimum atomic E-state index is -0.545. The van der Waals surface area contributed by atoms with E-state index in [2.05, 4.69) is 16.3 Å². The van der Waals surface area contributed by atoms with E-state index in [9.17, 15) is 10.1 Å². The molecule has 0 bridgehead atoms. The second kappa shape index (κ2) is 7.52. The molecule has 2 heterocycles. The molecule has 3 N–H and O–H groups in total. The molecule has 0 aliphatic carbocycles. The molecular weight excluding hydrogens is 364 g/mol. The molecule has 9 heteroatoms. The van der Waals surface area contributed by atoms with Crippen molar-refractivity contribution in [2.75, 3.05) is 14.2 Å². The number of esters is 1. The van der Waals surface area contributed by atoms with Crippen molar-refractivity contribution in [3.05, 3.63) is 40.4 Å². The molecule has 0 amide bonds. The number of benzene rings is 1. The maximum Gasteiger partial charge on any atom is 0.308 e. The minimum absolute atomic E-state index is 0.0175. The Hall–Kier alpha value is -3.67. The summed E-state index contributed by atoms with van der Waals surface area (Å²) in [5, 5.41) is 16.8. The molecule has 146 valence electrons. The number of fused-ring (bicyclic) bond motifs is 1. The van der Waals surface area contributed by atoms with Crippen molar-refractivity contribution < 1.29 is 23.7 Å². The summed E-state index contributed by atoms with van der Waals surface area (Å²) in [4.78, 5) is 11.5. The van der Waals surface area contributed by atoms with Crippen LogP contribution in [0.3, 0.4) is 0 Å². The zero-order valence-electron chi connectivity index (χ0n) is 16.0. The van der Waals surface area contributed by atoms with Gasteiger partial charge in [-0.15, -0.1) is 5.10 Å². The number of hydrogen-bond donors (Lipinski definition) is 2. The molecule has 3 rings (SSSR count). The van der Waals surface area contributed by atoms with Gasteiger partial charge in [0.05, 0.1) is 20.1 Å². The number of carbonyl (C=O) groups excluding carboxylic acids is 1. The fraction of sp³-hybridized carbons (Fsp3) is 0.316. The molecule has 0 saturated carbocycles. The molecule has 1 aromatic carbocycles. The van der Waals surface area contributed by atoms with Crippen LogP contribution in [-0.4, -0.2) is 30.4 Å². The van der Waals surface area contributed by atoms with Crippen molar-refractivity contribution in [3.8, 4) is 29.2 Å². The van der Waals surface area contributed by atoms with Gasteiger partial charge < -0.3 is 24.7 Å². The number of nitriles is 1. The number of nitrogens with one attached hydrogen (secondary N) is 1. The highest BCUT2D eigenvalue weighted by Crippen LogP contribution is 2.47. The molecule has 0 saturated heterocycles. The van der Waals surface area contributed by atoms with Crippen LogP contribution < -0.4 is 24.7 Å². The summed E-state index contributed by atoms with van der Waals surface area (Å²) in [6, 6.07) is 5.48. The molecule has 0 unspecified atom stereocenters. The average molecular weight is 384 g/mol. The molecule has 1 aliphatic rings. The van der Waals surface area contributed by atoms with E-state index >= 15 is 0 Å². The Morgan fingerprint density at radius 1 is 1.36 bits per heavy atom. The number of nitrogens with two attached hydrogens (primary N) is 1. The third-order valence-electron chi connectivity index (χ3n) is 4.43. The van der Waals surface area contributed by atoms with Gasteiger partial charge in [0.25, 0.3) is 0 Å². The first-order valence-corrected chi connectivity index (χ1v) is 8.54. The summed E-state index contributed by atoms with van der Waals surface area (Å²) in [6.07, 6.45) is 0.653. The highest BCUT2D eigenvalue weighted by Gasteiger charge is 2.36. The normalized spacial score (nSPS) is 15.3. The van der Waals surface area contributed by atoms with Crippen molar-refractivity contribution in [3.63, 3.8) is 0 Å². The van der Waals surface area contributed by atoms with Gasteiger partial charge in [0.15, 0.2) is 11.5 Å². The molecule has 9 nitrogen and oxygen atoms in total. The van der Waals surface area contributed by atoms with E-state index in [4.69, 9.17) is 24.7 Å². The van der Waals surface area contributed by atoms with E-state index in [1.165, 1.54) is 21.1 Å². The van der Waals surface area contributed by atoms with Crippen LogP contribution in [0.15, 0.2) is 23.6 Å². The Morgan fingerprint density at radius 2 is 2.00 bits per heavy atom. The molecule has 1 atom stereocenters. The fourth-order valence-corrected chi connectivity index (χ4v) is 3.22. The van der Waals surface area contributed by atoms with Crippen molar-refractivity contribution in [1.82, 2.24) is 10.2 Å². The smallest absolute Gasteiger partial charge is 0.308 e. The number of methoxy groups -OCH3 is 2. The lowest BCUT2D eigenvalue weighted by molar-refractivity contribution is -0.132. The van der Waals surface area contributed by atoms with Gasteiger partial charge >= 0.3 is 5.97 Å². The quantitative estimate of drug-likeness (QED) is 0.592. The van der Waals surface area contributed by atoms with E-state index in [-0.39, 0.29) is 28.7 Å². The number of hydrogen-bond acceptors (Lipinski definition) is 8. The van der Waals surface area contributed by atoms with Crippen LogP contribution >= 0.6 is 0 Å². The van der Waals surface area contributed by atoms with Gasteiger partial charge in [0, 0.05) is 18.2 Å². The molecule has 0 radical (unpaired) electrons. The van der Waals surface area contributed by atoms with E-state index in [0.29, 0.717) is 17.9 Å². The van der Waals surface area contributed by atoms with E-state index < -0.39 is 11.9 Å². The highest BCUT2D eigenvalue weighted by atomic mass is 16.6. The van der Waals surface area contributed by atoms with Crippen LogP contribution in [0.5, 0.6) is 23.1 Å². The number of aryl methyl sites for hydroxylation is 1. The third kappa shape index (κ3) is 3.09. The Morgan fingerprint density at radius 3 is 2.50 bits per heavy atom. The predicted octanol–water partition coefficient (Wildman–Crippen LogP) is 2.13. The second-order valence-electron chi connectivity index (χ2n) is 6.05. The number of allylic oxidation sites excluding steroid dienone is 1. The topological polar surface area (TPSA) is 132 Å². The van der Waals surface area contributed by atoms with Crippen LogP contribution in [-0.2, 0) is 11.2 Å². The Balaban J connectivity index is 2.26. The number of ether oxygens (including phenoxy) is 4. The van der Waals surface area contributed by atoms with Crippen molar-refractivity contribution in [2.24, 2.45) is 5.73 Å². The second-order valence-corrected chi connectivity index (χ2v) is 6.05. The molecule has 28 heavy (non-hydrogen) atoms. The molecule has 0 spiro atoms. The van der Waals surface area contributed by atoms with E-state index in [1.807, 2.05) is 6.92 Å². The number of rotatable bonds is 5. The first-order valence-electron chi connectivity index (χ1n) is 8.54. The van der Waals surface area contributed by atoms with Crippen molar-refractivity contribution in [2.45, 2.75) is 26.2 Å². The lowest BCUT2D eigenvalue weighted by atomic mass is 9.83. The highest BCUT2D eigenvalue weighted by molar-refractivity contribution is 5.73. The van der Waals surface area contributed by atoms with Crippen LogP contribution in [0, 0.1) is 11.3 Å². The third-order valence-corrected chi connectivity index (χ3v) is 4.43. The van der Waals surface area contributed by atoms with Gasteiger partial charge in [0.1, 0.15) is 11.6 Å². The maximum absolute atomic E-state index is 11.5. The molecule has 0 fully saturated rings. The van der Waals surface area contributed by atoms with Crippen LogP contribution in [0.4, 0.5) is 0 Å². The van der Waals surface area contributed by atoms with Gasteiger partial charge in [-0.2, -0.15) is 5.26 Å². The molecule has 1 aliphatic heterocycles. The number of H-pyrrole nitrogens is 1. The van der Waals surface area contributed by atoms with Crippen molar-refractivity contribution >= 4 is 5.97 Å². The number of aromatic nitrogens is 2. The zero-order valence-corrected chi connectivity index (χ0v) is 16.0. The first-order chi connectivity index (χ1) is 13.4. The summed E-state index contributed by atoms with van der Waals surface area (Å²) in [6.45, 7) is 3.25. The van der Waals surface area contributed by atoms with Crippen LogP contribution in [0.1, 0.15) is 36.6 Å². The van der Waals surface area contributed by atoms with Crippen LogP contribution in [0.2, 0.25) is 0 Å². The average Bonchev–Trinajstić information content (AvgIpc) is 3.08. The van der Waals surface area contributed by atoms with Gasteiger partial charge in [-0.05, 0) is 24.1 Å². The lowest BCUT2D eigenvalue weighted by Gasteiger charge is -2.25. The minimum Gasteiger partial charge on any atom is -0.493 e. The van der Waals surface area contributed by atoms with Gasteiger partial charge in [-0.25, -0.2) is 0 Å². The Bertz CT molecular complexity index is 977. The number of carbonyl (C=O) groups is 1. The maximum atomic E-state index is 11.5. The molecular formula is C19H20N4O5. The standard InChI is InChI=1S/C19H20N4O5/c1-5-12-16-15(11(8-20)18(21)28-19(16)23-22-12)10-6-13(25-3)17(27-9(2)24)14(7-10)26-4/h6-7,15H,5,21H2,1-4H3,(H,22,23)/t15-/m0/s1. The van der Waals surface area contributed by atoms with Crippen LogP contribution in [0.25, 0.3) is 0 Å². The fourth-order valence-electron chi connectivity index (χ4n) is 3.22. The summed E-state index contributed by atoms with van der Waals surface area (Å²) in [7, 11) is 2.90. The summed E-state index contributed by atoms with van der Waals surface area (Å²) in [5.41, 5.74) is 8.41. The number of nitrogens with zero attached hydrogens (tertiary/aromatic N) is 2. The lowest BCUT2D eigenvalue weighted by Crippen LogP contribution is -2.21. The molecule has 1 aromatic heterocycles. The van der Waals surface area contributed by atoms with Crippen molar-refractivity contribution in [1.29, 1.82) is 5.26 Å². The van der Waals surface area contributed by atoms with Gasteiger partial charge in [0.2, 0.25) is 17.5 Å².